The lowest BCUT2D eigenvalue weighted by atomic mass is 10.2. The van der Waals surface area contributed by atoms with Crippen molar-refractivity contribution in [3.05, 3.63) is 24.3 Å². The van der Waals surface area contributed by atoms with Gasteiger partial charge in [-0.25, -0.2) is 0 Å². The van der Waals surface area contributed by atoms with E-state index in [0.29, 0.717) is 18.7 Å². The maximum atomic E-state index is 11.7. The highest BCUT2D eigenvalue weighted by atomic mass is 35.5. The number of benzene rings is 1. The lowest BCUT2D eigenvalue weighted by Gasteiger charge is -2.12. The number of hydrogen-bond acceptors (Lipinski definition) is 4. The van der Waals surface area contributed by atoms with Gasteiger partial charge in [-0.05, 0) is 39.1 Å². The minimum atomic E-state index is -0.473. The summed E-state index contributed by atoms with van der Waals surface area (Å²) in [6, 6.07) is 6.90. The molecule has 1 aromatic rings. The number of ether oxygens (including phenoxy) is 1. The Balaban J connectivity index is 0. The highest BCUT2D eigenvalue weighted by Gasteiger charge is 2.11. The van der Waals surface area contributed by atoms with E-state index < -0.39 is 6.04 Å². The summed E-state index contributed by atoms with van der Waals surface area (Å²) in [5.41, 5.74) is 6.39. The van der Waals surface area contributed by atoms with E-state index in [1.165, 1.54) is 0 Å². The fourth-order valence-corrected chi connectivity index (χ4v) is 1.65. The van der Waals surface area contributed by atoms with Crippen molar-refractivity contribution in [3.8, 4) is 5.75 Å². The molecule has 0 radical (unpaired) electrons. The highest BCUT2D eigenvalue weighted by molar-refractivity contribution is 5.94. The Labute approximate surface area is 145 Å². The van der Waals surface area contributed by atoms with E-state index in [0.717, 1.165) is 18.7 Å². The molecule has 5 nitrogen and oxygen atoms in total. The molecule has 0 aliphatic rings. The molecule has 0 aromatic heterocycles. The smallest absolute Gasteiger partial charge is 0.241 e. The van der Waals surface area contributed by atoms with Crippen molar-refractivity contribution in [2.45, 2.75) is 25.8 Å². The zero-order valence-corrected chi connectivity index (χ0v) is 15.0. The third-order valence-corrected chi connectivity index (χ3v) is 2.90. The van der Waals surface area contributed by atoms with Crippen molar-refractivity contribution in [1.82, 2.24) is 4.90 Å². The second kappa shape index (κ2) is 12.5. The molecule has 0 fully saturated rings. The first kappa shape index (κ1) is 23.3. The Morgan fingerprint density at radius 1 is 1.36 bits per heavy atom. The molecule has 0 saturated carbocycles. The van der Waals surface area contributed by atoms with Crippen LogP contribution in [0.25, 0.3) is 0 Å². The van der Waals surface area contributed by atoms with Crippen molar-refractivity contribution in [1.29, 1.82) is 0 Å². The molecule has 0 unspecified atom stereocenters. The molecule has 7 heteroatoms. The van der Waals surface area contributed by atoms with Crippen LogP contribution in [-0.4, -0.2) is 44.1 Å². The van der Waals surface area contributed by atoms with Crippen LogP contribution in [0.1, 0.15) is 19.8 Å². The Kier molecular flexibility index (Phi) is 13.2. The van der Waals surface area contributed by atoms with E-state index in [2.05, 4.69) is 10.2 Å². The maximum absolute atomic E-state index is 11.7. The van der Waals surface area contributed by atoms with Gasteiger partial charge in [0.1, 0.15) is 5.75 Å². The number of amides is 1. The van der Waals surface area contributed by atoms with Gasteiger partial charge in [0.2, 0.25) is 5.91 Å². The Morgan fingerprint density at radius 2 is 2.05 bits per heavy atom. The summed E-state index contributed by atoms with van der Waals surface area (Å²) in [7, 11) is 4.07. The van der Waals surface area contributed by atoms with Gasteiger partial charge >= 0.3 is 0 Å². The molecule has 0 saturated heterocycles. The average Bonchev–Trinajstić information content (AvgIpc) is 2.43. The number of hydrogen-bond donors (Lipinski definition) is 2. The SMILES string of the molecule is CC[C@H](N)C(=O)Nc1cccc(OCCCN(C)C)c1.Cl.Cl. The van der Waals surface area contributed by atoms with Gasteiger partial charge in [-0.15, -0.1) is 24.8 Å². The van der Waals surface area contributed by atoms with Crippen molar-refractivity contribution in [2.75, 3.05) is 32.6 Å². The third kappa shape index (κ3) is 9.10. The monoisotopic (exact) mass is 351 g/mol. The molecule has 1 aromatic carbocycles. The van der Waals surface area contributed by atoms with Gasteiger partial charge in [-0.1, -0.05) is 13.0 Å². The van der Waals surface area contributed by atoms with Gasteiger partial charge in [-0.2, -0.15) is 0 Å². The number of carbonyl (C=O) groups is 1. The number of anilines is 1. The predicted molar refractivity (Wildman–Crippen MR) is 96.5 cm³/mol. The Hall–Kier alpha value is -1.01. The summed E-state index contributed by atoms with van der Waals surface area (Å²) < 4.78 is 5.66. The maximum Gasteiger partial charge on any atom is 0.241 e. The van der Waals surface area contributed by atoms with Crippen LogP contribution >= 0.6 is 24.8 Å². The predicted octanol–water partition coefficient (Wildman–Crippen LogP) is 2.54. The molecule has 3 N–H and O–H groups in total. The molecule has 1 amide bonds. The molecular weight excluding hydrogens is 325 g/mol. The number of rotatable bonds is 8. The third-order valence-electron chi connectivity index (χ3n) is 2.90. The van der Waals surface area contributed by atoms with Gasteiger partial charge in [-0.3, -0.25) is 4.79 Å². The second-order valence-corrected chi connectivity index (χ2v) is 5.04. The normalized spacial score (nSPS) is 11.1. The number of nitrogens with two attached hydrogens (primary N) is 1. The lowest BCUT2D eigenvalue weighted by Crippen LogP contribution is -2.34. The van der Waals surface area contributed by atoms with Crippen molar-refractivity contribution in [2.24, 2.45) is 5.73 Å². The molecule has 128 valence electrons. The van der Waals surface area contributed by atoms with Gasteiger partial charge in [0, 0.05) is 18.3 Å². The quantitative estimate of drug-likeness (QED) is 0.706. The number of halogens is 2. The van der Waals surface area contributed by atoms with Crippen molar-refractivity contribution in [3.63, 3.8) is 0 Å². The number of nitrogens with one attached hydrogen (secondary N) is 1. The molecule has 0 bridgehead atoms. The van der Waals surface area contributed by atoms with Gasteiger partial charge in [0.05, 0.1) is 12.6 Å². The second-order valence-electron chi connectivity index (χ2n) is 5.04. The van der Waals surface area contributed by atoms with Crippen LogP contribution in [0, 0.1) is 0 Å². The minimum absolute atomic E-state index is 0. The summed E-state index contributed by atoms with van der Waals surface area (Å²) in [5, 5.41) is 2.79. The summed E-state index contributed by atoms with van der Waals surface area (Å²) in [6.45, 7) is 3.53. The topological polar surface area (TPSA) is 67.6 Å². The molecular formula is C15H27Cl2N3O2. The largest absolute Gasteiger partial charge is 0.493 e. The minimum Gasteiger partial charge on any atom is -0.493 e. The van der Waals surface area contributed by atoms with Gasteiger partial charge in [0.15, 0.2) is 0 Å². The summed E-state index contributed by atoms with van der Waals surface area (Å²) in [6.07, 6.45) is 1.58. The van der Waals surface area contributed by atoms with Crippen LogP contribution in [0.2, 0.25) is 0 Å². The highest BCUT2D eigenvalue weighted by Crippen LogP contribution is 2.17. The van der Waals surface area contributed by atoms with E-state index in [9.17, 15) is 4.79 Å². The summed E-state index contributed by atoms with van der Waals surface area (Å²) in [5.74, 6) is 0.587. The van der Waals surface area contributed by atoms with Crippen molar-refractivity contribution >= 4 is 36.4 Å². The van der Waals surface area contributed by atoms with E-state index >= 15 is 0 Å². The first-order valence-electron chi connectivity index (χ1n) is 6.97. The van der Waals surface area contributed by atoms with Crippen molar-refractivity contribution < 1.29 is 9.53 Å². The molecule has 0 aliphatic heterocycles. The molecule has 1 rings (SSSR count). The summed E-state index contributed by atoms with van der Waals surface area (Å²) in [4.78, 5) is 13.8. The Bertz CT molecular complexity index is 431. The van der Waals surface area contributed by atoms with Crippen LogP contribution in [0.4, 0.5) is 5.69 Å². The Morgan fingerprint density at radius 3 is 2.64 bits per heavy atom. The molecule has 0 spiro atoms. The zero-order valence-electron chi connectivity index (χ0n) is 13.4. The first-order valence-corrected chi connectivity index (χ1v) is 6.97. The fourth-order valence-electron chi connectivity index (χ4n) is 1.65. The van der Waals surface area contributed by atoms with Gasteiger partial charge in [0.25, 0.3) is 0 Å². The number of carbonyl (C=O) groups excluding carboxylic acids is 1. The molecule has 0 heterocycles. The average molecular weight is 352 g/mol. The first-order chi connectivity index (χ1) is 9.52. The number of nitrogens with zero attached hydrogens (tertiary/aromatic N) is 1. The van der Waals surface area contributed by atoms with E-state index in [1.807, 2.05) is 45.3 Å². The standard InChI is InChI=1S/C15H25N3O2.2ClH/c1-4-14(16)15(19)17-12-7-5-8-13(11-12)20-10-6-9-18(2)3;;/h5,7-8,11,14H,4,6,9-10,16H2,1-3H3,(H,17,19);2*1H/t14-;;/m0../s1. The van der Waals surface area contributed by atoms with E-state index in [4.69, 9.17) is 10.5 Å². The fraction of sp³-hybridized carbons (Fsp3) is 0.533. The van der Waals surface area contributed by atoms with E-state index in [1.54, 1.807) is 0 Å². The molecule has 0 aliphatic carbocycles. The van der Waals surface area contributed by atoms with Crippen LogP contribution < -0.4 is 15.8 Å². The molecule has 22 heavy (non-hydrogen) atoms. The lowest BCUT2D eigenvalue weighted by molar-refractivity contribution is -0.117. The van der Waals surface area contributed by atoms with Crippen LogP contribution in [0.3, 0.4) is 0 Å². The van der Waals surface area contributed by atoms with E-state index in [-0.39, 0.29) is 30.7 Å². The van der Waals surface area contributed by atoms with Gasteiger partial charge < -0.3 is 20.7 Å². The molecule has 1 atom stereocenters. The zero-order chi connectivity index (χ0) is 15.0. The van der Waals surface area contributed by atoms with Crippen LogP contribution in [0.15, 0.2) is 24.3 Å². The van der Waals surface area contributed by atoms with Crippen LogP contribution in [-0.2, 0) is 4.79 Å². The summed E-state index contributed by atoms with van der Waals surface area (Å²) >= 11 is 0. The van der Waals surface area contributed by atoms with Crippen LogP contribution in [0.5, 0.6) is 5.75 Å².